The molecule has 3 aromatic rings. The fraction of sp³-hybridized carbons (Fsp3) is 0.370. The Labute approximate surface area is 209 Å². The summed E-state index contributed by atoms with van der Waals surface area (Å²) in [7, 11) is 0. The van der Waals surface area contributed by atoms with Crippen molar-refractivity contribution in [3.8, 4) is 10.6 Å². The third-order valence-electron chi connectivity index (χ3n) is 6.77. The van der Waals surface area contributed by atoms with Crippen LogP contribution < -0.4 is 0 Å². The number of hydrogen-bond donors (Lipinski definition) is 0. The van der Waals surface area contributed by atoms with Crippen molar-refractivity contribution in [3.05, 3.63) is 73.6 Å². The topological polar surface area (TPSA) is 7.94 Å². The van der Waals surface area contributed by atoms with E-state index in [1.165, 1.54) is 18.7 Å². The van der Waals surface area contributed by atoms with Gasteiger partial charge in [0.2, 0.25) is 0 Å². The predicted octanol–water partition coefficient (Wildman–Crippen LogP) is 8.31. The summed E-state index contributed by atoms with van der Waals surface area (Å²) < 4.78 is 35.6. The zero-order valence-corrected chi connectivity index (χ0v) is 22.0. The van der Waals surface area contributed by atoms with Gasteiger partial charge in [0.1, 0.15) is 0 Å². The Bertz CT molecular complexity index is 1340. The number of aryl methyl sites for hydroxylation is 3. The summed E-state index contributed by atoms with van der Waals surface area (Å²) in [6, 6.07) is 10.2. The lowest BCUT2D eigenvalue weighted by molar-refractivity contribution is -0.360. The van der Waals surface area contributed by atoms with Crippen molar-refractivity contribution in [1.82, 2.24) is 4.48 Å². The van der Waals surface area contributed by atoms with Crippen LogP contribution in [0, 0.1) is 6.92 Å². The molecule has 5 rings (SSSR count). The quantitative estimate of drug-likeness (QED) is 0.277. The standard InChI is InChI=1S/C27H31BF2N2S2/c1-5-7-9-22-11-13-24(33-22)26-18(3)15-20-17-21-16-19(4)27(32(21)28(29,30)31(20)26)25-14-12-23(34-25)10-8-6-2/h11-17H,5-10H2,1-4H3. The normalized spacial score (nSPS) is 16.5. The number of thiophene rings is 2. The van der Waals surface area contributed by atoms with Crippen molar-refractivity contribution in [2.75, 3.05) is 0 Å². The first-order valence-electron chi connectivity index (χ1n) is 12.3. The molecule has 0 fully saturated rings. The first-order valence-corrected chi connectivity index (χ1v) is 14.0. The zero-order chi connectivity index (χ0) is 24.0. The van der Waals surface area contributed by atoms with Crippen LogP contribution in [-0.4, -0.2) is 21.6 Å². The number of aromatic nitrogens is 1. The first-order chi connectivity index (χ1) is 16.3. The van der Waals surface area contributed by atoms with E-state index in [4.69, 9.17) is 0 Å². The molecule has 2 aliphatic heterocycles. The molecule has 0 spiro atoms. The second-order valence-electron chi connectivity index (χ2n) is 9.41. The van der Waals surface area contributed by atoms with Crippen molar-refractivity contribution in [1.29, 1.82) is 0 Å². The molecule has 0 radical (unpaired) electrons. The van der Waals surface area contributed by atoms with Gasteiger partial charge in [0, 0.05) is 43.7 Å². The Morgan fingerprint density at radius 1 is 0.882 bits per heavy atom. The van der Waals surface area contributed by atoms with Gasteiger partial charge in [-0.05, 0) is 75.4 Å². The molecular formula is C27H31BF2N2S2. The monoisotopic (exact) mass is 496 g/mol. The molecule has 0 saturated carbocycles. The number of halogens is 2. The smallest absolute Gasteiger partial charge is 0.389 e. The number of nitrogens with zero attached hydrogens (tertiary/aromatic N) is 2. The maximum Gasteiger partial charge on any atom is 0.737 e. The minimum absolute atomic E-state index is 0.590. The fourth-order valence-corrected chi connectivity index (χ4v) is 7.44. The molecule has 0 saturated heterocycles. The van der Waals surface area contributed by atoms with Crippen LogP contribution in [-0.2, 0) is 12.8 Å². The molecule has 0 aliphatic carbocycles. The van der Waals surface area contributed by atoms with Crippen molar-refractivity contribution >= 4 is 41.4 Å². The van der Waals surface area contributed by atoms with Crippen molar-refractivity contribution in [2.24, 2.45) is 0 Å². The minimum Gasteiger partial charge on any atom is -0.389 e. The molecule has 0 amide bonds. The van der Waals surface area contributed by atoms with Crippen LogP contribution in [0.3, 0.4) is 0 Å². The van der Waals surface area contributed by atoms with E-state index < -0.39 is 6.97 Å². The van der Waals surface area contributed by atoms with Crippen molar-refractivity contribution in [2.45, 2.75) is 66.2 Å². The molecule has 0 aromatic carbocycles. The Kier molecular flexibility index (Phi) is 6.28. The van der Waals surface area contributed by atoms with E-state index in [9.17, 15) is 0 Å². The lowest BCUT2D eigenvalue weighted by Gasteiger charge is -2.30. The van der Waals surface area contributed by atoms with Crippen LogP contribution in [0.1, 0.15) is 72.3 Å². The second-order valence-corrected chi connectivity index (χ2v) is 11.7. The molecule has 2 nitrogen and oxygen atoms in total. The highest BCUT2D eigenvalue weighted by molar-refractivity contribution is 7.15. The summed E-state index contributed by atoms with van der Waals surface area (Å²) in [5.41, 5.74) is 4.29. The third-order valence-corrected chi connectivity index (χ3v) is 9.08. The van der Waals surface area contributed by atoms with Gasteiger partial charge in [-0.3, -0.25) is 0 Å². The van der Waals surface area contributed by atoms with E-state index in [1.807, 2.05) is 44.2 Å². The summed E-state index contributed by atoms with van der Waals surface area (Å²) in [6.07, 6.45) is 10.3. The van der Waals surface area contributed by atoms with E-state index in [1.54, 1.807) is 22.7 Å². The molecule has 2 aliphatic rings. The van der Waals surface area contributed by atoms with Crippen LogP contribution in [0.25, 0.3) is 16.6 Å². The summed E-state index contributed by atoms with van der Waals surface area (Å²) in [5.74, 6) is 0. The Hall–Kier alpha value is -2.25. The maximum absolute atomic E-state index is 16.5. The average molecular weight is 497 g/mol. The van der Waals surface area contributed by atoms with E-state index in [0.29, 0.717) is 22.8 Å². The van der Waals surface area contributed by atoms with Crippen LogP contribution in [0.2, 0.25) is 0 Å². The van der Waals surface area contributed by atoms with E-state index in [0.717, 1.165) is 59.4 Å². The summed E-state index contributed by atoms with van der Waals surface area (Å²) in [4.78, 5) is 4.38. The number of rotatable bonds is 8. The highest BCUT2D eigenvalue weighted by atomic mass is 32.1. The molecule has 0 N–H and O–H groups in total. The Morgan fingerprint density at radius 3 is 2.15 bits per heavy atom. The third kappa shape index (κ3) is 3.87. The van der Waals surface area contributed by atoms with Gasteiger partial charge in [-0.15, -0.1) is 22.7 Å². The lowest BCUT2D eigenvalue weighted by Crippen LogP contribution is -2.50. The predicted molar refractivity (Wildman–Crippen MR) is 143 cm³/mol. The van der Waals surface area contributed by atoms with Crippen molar-refractivity contribution in [3.63, 3.8) is 0 Å². The second kappa shape index (κ2) is 9.08. The van der Waals surface area contributed by atoms with Crippen molar-refractivity contribution < 1.29 is 13.1 Å². The molecule has 7 heteroatoms. The summed E-state index contributed by atoms with van der Waals surface area (Å²) in [5, 5.41) is 0. The molecule has 5 heterocycles. The van der Waals surface area contributed by atoms with Gasteiger partial charge in [-0.25, -0.2) is 0 Å². The van der Waals surface area contributed by atoms with Crippen LogP contribution in [0.15, 0.2) is 47.7 Å². The van der Waals surface area contributed by atoms with Gasteiger partial charge in [-0.2, -0.15) is 0 Å². The molecule has 0 unspecified atom stereocenters. The Balaban J connectivity index is 1.62. The Morgan fingerprint density at radius 2 is 1.50 bits per heavy atom. The largest absolute Gasteiger partial charge is 0.737 e. The molecule has 0 bridgehead atoms. The SMILES string of the molecule is CCCCc1ccc(C2=[N+]3C(=Cc4cc(C)c(-c5ccc(CCCC)s5)n4[B-]3(F)F)C=C2C)s1. The molecule has 3 aromatic heterocycles. The zero-order valence-electron chi connectivity index (χ0n) is 20.3. The fourth-order valence-electron chi connectivity index (χ4n) is 5.12. The maximum atomic E-state index is 16.5. The number of allylic oxidation sites excluding steroid dienone is 2. The number of hydrogen-bond acceptors (Lipinski definition) is 2. The molecular weight excluding hydrogens is 465 g/mol. The highest BCUT2D eigenvalue weighted by Gasteiger charge is 2.54. The summed E-state index contributed by atoms with van der Waals surface area (Å²) >= 11 is 3.30. The van der Waals surface area contributed by atoms with Gasteiger partial charge in [0.25, 0.3) is 0 Å². The lowest BCUT2D eigenvalue weighted by atomic mass is 9.90. The average Bonchev–Trinajstić information content (AvgIpc) is 3.56. The minimum atomic E-state index is -4.04. The molecule has 178 valence electrons. The summed E-state index contributed by atoms with van der Waals surface area (Å²) in [6.45, 7) is 4.22. The first kappa shape index (κ1) is 23.5. The van der Waals surface area contributed by atoms with Gasteiger partial charge < -0.3 is 17.6 Å². The van der Waals surface area contributed by atoms with Crippen LogP contribution in [0.4, 0.5) is 8.63 Å². The van der Waals surface area contributed by atoms with Gasteiger partial charge in [0.15, 0.2) is 11.4 Å². The van der Waals surface area contributed by atoms with E-state index >= 15 is 8.63 Å². The molecule has 34 heavy (non-hydrogen) atoms. The molecule has 0 atom stereocenters. The van der Waals surface area contributed by atoms with Gasteiger partial charge in [-0.1, -0.05) is 26.7 Å². The van der Waals surface area contributed by atoms with Crippen LogP contribution in [0.5, 0.6) is 0 Å². The van der Waals surface area contributed by atoms with Gasteiger partial charge >= 0.3 is 6.97 Å². The van der Waals surface area contributed by atoms with Crippen LogP contribution >= 0.6 is 22.7 Å². The number of fused-ring (bicyclic) bond motifs is 2. The van der Waals surface area contributed by atoms with E-state index in [-0.39, 0.29) is 0 Å². The van der Waals surface area contributed by atoms with Gasteiger partial charge in [0.05, 0.1) is 4.88 Å². The number of unbranched alkanes of at least 4 members (excludes halogenated alkanes) is 2. The highest BCUT2D eigenvalue weighted by Crippen LogP contribution is 2.42. The van der Waals surface area contributed by atoms with E-state index in [2.05, 4.69) is 26.0 Å².